The van der Waals surface area contributed by atoms with Gasteiger partial charge in [0, 0.05) is 19.1 Å². The predicted molar refractivity (Wildman–Crippen MR) is 68.4 cm³/mol. The van der Waals surface area contributed by atoms with Crippen molar-refractivity contribution >= 4 is 29.8 Å². The molecular formula is C10H13Cl2N5. The first-order chi connectivity index (χ1) is 7.70. The zero-order valence-electron chi connectivity index (χ0n) is 9.14. The van der Waals surface area contributed by atoms with Crippen molar-refractivity contribution in [2.24, 2.45) is 5.73 Å². The van der Waals surface area contributed by atoms with Gasteiger partial charge in [-0.2, -0.15) is 5.26 Å². The first kappa shape index (κ1) is 14.0. The van der Waals surface area contributed by atoms with Crippen molar-refractivity contribution in [1.29, 1.82) is 5.26 Å². The van der Waals surface area contributed by atoms with Crippen LogP contribution >= 0.6 is 24.0 Å². The van der Waals surface area contributed by atoms with Crippen molar-refractivity contribution in [1.82, 2.24) is 9.97 Å². The molecule has 0 amide bonds. The maximum atomic E-state index is 8.69. The van der Waals surface area contributed by atoms with Crippen LogP contribution in [0.15, 0.2) is 6.20 Å². The molecule has 0 bridgehead atoms. The molecule has 1 fully saturated rings. The Morgan fingerprint density at radius 1 is 1.59 bits per heavy atom. The molecule has 0 radical (unpaired) electrons. The van der Waals surface area contributed by atoms with E-state index in [1.165, 1.54) is 0 Å². The molecule has 2 N–H and O–H groups in total. The van der Waals surface area contributed by atoms with Gasteiger partial charge < -0.3 is 10.6 Å². The largest absolute Gasteiger partial charge is 0.354 e. The Balaban J connectivity index is 0.00000144. The number of hydrogen-bond donors (Lipinski definition) is 1. The summed E-state index contributed by atoms with van der Waals surface area (Å²) in [5, 5.41) is 8.84. The zero-order valence-corrected chi connectivity index (χ0v) is 10.7. The molecule has 2 heterocycles. The van der Waals surface area contributed by atoms with Gasteiger partial charge in [0.05, 0.1) is 6.20 Å². The van der Waals surface area contributed by atoms with Crippen molar-refractivity contribution in [3.8, 4) is 6.07 Å². The van der Waals surface area contributed by atoms with Gasteiger partial charge in [-0.1, -0.05) is 11.6 Å². The Bertz CT molecular complexity index is 431. The Labute approximate surface area is 111 Å². The lowest BCUT2D eigenvalue weighted by Gasteiger charge is -2.31. The molecule has 0 spiro atoms. The molecule has 92 valence electrons. The summed E-state index contributed by atoms with van der Waals surface area (Å²) in [7, 11) is 0. The third-order valence-electron chi connectivity index (χ3n) is 2.60. The van der Waals surface area contributed by atoms with Gasteiger partial charge in [-0.15, -0.1) is 12.4 Å². The minimum Gasteiger partial charge on any atom is -0.354 e. The third-order valence-corrected chi connectivity index (χ3v) is 2.87. The summed E-state index contributed by atoms with van der Waals surface area (Å²) in [4.78, 5) is 10.2. The van der Waals surface area contributed by atoms with E-state index in [1.807, 2.05) is 11.0 Å². The topological polar surface area (TPSA) is 78.8 Å². The summed E-state index contributed by atoms with van der Waals surface area (Å²) in [5.74, 6) is 0.694. The number of anilines is 1. The molecule has 1 aromatic heterocycles. The normalized spacial score (nSPS) is 19.4. The molecule has 1 aromatic rings. The molecule has 0 unspecified atom stereocenters. The SMILES string of the molecule is Cl.N#Cc1ncc(N2CCC[C@@H](N)C2)nc1Cl. The summed E-state index contributed by atoms with van der Waals surface area (Å²) in [6.45, 7) is 1.67. The van der Waals surface area contributed by atoms with Crippen LogP contribution in [0.2, 0.25) is 5.15 Å². The van der Waals surface area contributed by atoms with Crippen molar-refractivity contribution in [3.05, 3.63) is 17.0 Å². The van der Waals surface area contributed by atoms with Gasteiger partial charge >= 0.3 is 0 Å². The molecule has 1 aliphatic heterocycles. The molecule has 5 nitrogen and oxygen atoms in total. The standard InChI is InChI=1S/C10H12ClN5.ClH/c11-10-8(4-12)14-5-9(15-10)16-3-1-2-7(13)6-16;/h5,7H,1-3,6,13H2;1H/t7-;/m1./s1. The molecule has 0 aliphatic carbocycles. The fourth-order valence-corrected chi connectivity index (χ4v) is 1.98. The van der Waals surface area contributed by atoms with E-state index >= 15 is 0 Å². The van der Waals surface area contributed by atoms with Crippen LogP contribution in [0.1, 0.15) is 18.5 Å². The van der Waals surface area contributed by atoms with Gasteiger partial charge in [-0.05, 0) is 12.8 Å². The van der Waals surface area contributed by atoms with E-state index in [1.54, 1.807) is 6.20 Å². The maximum Gasteiger partial charge on any atom is 0.178 e. The second-order valence-corrected chi connectivity index (χ2v) is 4.19. The van der Waals surface area contributed by atoms with Gasteiger partial charge in [0.25, 0.3) is 0 Å². The van der Waals surface area contributed by atoms with E-state index in [-0.39, 0.29) is 29.3 Å². The monoisotopic (exact) mass is 273 g/mol. The maximum absolute atomic E-state index is 8.69. The van der Waals surface area contributed by atoms with E-state index < -0.39 is 0 Å². The number of nitrogens with two attached hydrogens (primary N) is 1. The van der Waals surface area contributed by atoms with Gasteiger partial charge in [0.1, 0.15) is 11.9 Å². The molecule has 0 aromatic carbocycles. The fraction of sp³-hybridized carbons (Fsp3) is 0.500. The van der Waals surface area contributed by atoms with E-state index in [9.17, 15) is 0 Å². The van der Waals surface area contributed by atoms with Crippen LogP contribution in [0.25, 0.3) is 0 Å². The van der Waals surface area contributed by atoms with Gasteiger partial charge in [-0.25, -0.2) is 9.97 Å². The lowest BCUT2D eigenvalue weighted by Crippen LogP contribution is -2.43. The van der Waals surface area contributed by atoms with Crippen LogP contribution in [-0.2, 0) is 0 Å². The molecule has 0 saturated carbocycles. The van der Waals surface area contributed by atoms with E-state index in [4.69, 9.17) is 22.6 Å². The first-order valence-electron chi connectivity index (χ1n) is 5.14. The van der Waals surface area contributed by atoms with Crippen molar-refractivity contribution < 1.29 is 0 Å². The lowest BCUT2D eigenvalue weighted by atomic mass is 10.1. The zero-order chi connectivity index (χ0) is 11.5. The number of halogens is 2. The highest BCUT2D eigenvalue weighted by Crippen LogP contribution is 2.19. The summed E-state index contributed by atoms with van der Waals surface area (Å²) in [5.41, 5.74) is 6.04. The molecular weight excluding hydrogens is 261 g/mol. The van der Waals surface area contributed by atoms with E-state index in [2.05, 4.69) is 9.97 Å². The highest BCUT2D eigenvalue weighted by Gasteiger charge is 2.18. The summed E-state index contributed by atoms with van der Waals surface area (Å²) < 4.78 is 0. The minimum absolute atomic E-state index is 0. The highest BCUT2D eigenvalue weighted by molar-refractivity contribution is 6.30. The molecule has 1 aliphatic rings. The third kappa shape index (κ3) is 3.19. The fourth-order valence-electron chi connectivity index (χ4n) is 1.80. The lowest BCUT2D eigenvalue weighted by molar-refractivity contribution is 0.503. The molecule has 2 rings (SSSR count). The number of nitriles is 1. The second-order valence-electron chi connectivity index (χ2n) is 3.83. The van der Waals surface area contributed by atoms with Crippen LogP contribution < -0.4 is 10.6 Å². The van der Waals surface area contributed by atoms with Crippen molar-refractivity contribution in [2.75, 3.05) is 18.0 Å². The molecule has 1 saturated heterocycles. The van der Waals surface area contributed by atoms with Crippen LogP contribution in [0.5, 0.6) is 0 Å². The van der Waals surface area contributed by atoms with E-state index in [0.717, 1.165) is 25.9 Å². The Hall–Kier alpha value is -1.09. The average molecular weight is 274 g/mol. The van der Waals surface area contributed by atoms with Crippen LogP contribution in [0.3, 0.4) is 0 Å². The van der Waals surface area contributed by atoms with Gasteiger partial charge in [0.2, 0.25) is 0 Å². The molecule has 17 heavy (non-hydrogen) atoms. The van der Waals surface area contributed by atoms with Crippen molar-refractivity contribution in [3.63, 3.8) is 0 Å². The Morgan fingerprint density at radius 2 is 2.35 bits per heavy atom. The van der Waals surface area contributed by atoms with E-state index in [0.29, 0.717) is 5.82 Å². The summed E-state index contributed by atoms with van der Waals surface area (Å²) >= 11 is 5.83. The quantitative estimate of drug-likeness (QED) is 0.836. The summed E-state index contributed by atoms with van der Waals surface area (Å²) in [6, 6.07) is 2.06. The van der Waals surface area contributed by atoms with Crippen LogP contribution in [0, 0.1) is 11.3 Å². The average Bonchev–Trinajstić information content (AvgIpc) is 2.29. The smallest absolute Gasteiger partial charge is 0.178 e. The van der Waals surface area contributed by atoms with Crippen LogP contribution in [-0.4, -0.2) is 29.1 Å². The number of rotatable bonds is 1. The minimum atomic E-state index is 0. The predicted octanol–water partition coefficient (Wildman–Crippen LogP) is 1.35. The van der Waals surface area contributed by atoms with Crippen LogP contribution in [0.4, 0.5) is 5.82 Å². The first-order valence-corrected chi connectivity index (χ1v) is 5.51. The Kier molecular flexibility index (Phi) is 4.94. The number of piperidine rings is 1. The number of nitrogens with zero attached hydrogens (tertiary/aromatic N) is 4. The molecule has 7 heteroatoms. The second kappa shape index (κ2) is 6.01. The molecule has 1 atom stereocenters. The van der Waals surface area contributed by atoms with Crippen molar-refractivity contribution in [2.45, 2.75) is 18.9 Å². The highest BCUT2D eigenvalue weighted by atomic mass is 35.5. The summed E-state index contributed by atoms with van der Waals surface area (Å²) in [6.07, 6.45) is 3.65. The number of hydrogen-bond acceptors (Lipinski definition) is 5. The number of aromatic nitrogens is 2. The van der Waals surface area contributed by atoms with Gasteiger partial charge in [0.15, 0.2) is 10.8 Å². The Morgan fingerprint density at radius 3 is 2.94 bits per heavy atom. The van der Waals surface area contributed by atoms with Gasteiger partial charge in [-0.3, -0.25) is 0 Å².